The van der Waals surface area contributed by atoms with Crippen LogP contribution in [0.3, 0.4) is 0 Å². The van der Waals surface area contributed by atoms with E-state index in [1.54, 1.807) is 0 Å². The highest BCUT2D eigenvalue weighted by molar-refractivity contribution is 8.01. The molecular weight excluding hydrogens is 394 g/mol. The molecule has 9 heteroatoms. The number of amides is 2. The molecule has 1 fully saturated rings. The fraction of sp³-hybridized carbons (Fsp3) is 0.474. The zero-order valence-electron chi connectivity index (χ0n) is 16.0. The highest BCUT2D eigenvalue weighted by atomic mass is 32.2. The lowest BCUT2D eigenvalue weighted by atomic mass is 9.87. The molecule has 1 heterocycles. The number of thioether (sulfide) groups is 1. The third-order valence-corrected chi connectivity index (χ3v) is 6.52. The molecule has 1 aliphatic rings. The van der Waals surface area contributed by atoms with Gasteiger partial charge in [-0.05, 0) is 49.8 Å². The Labute approximate surface area is 173 Å². The fourth-order valence-electron chi connectivity index (χ4n) is 3.12. The topological polar surface area (TPSA) is 96.0 Å². The number of hydrogen-bond acceptors (Lipinski definition) is 7. The van der Waals surface area contributed by atoms with Crippen molar-refractivity contribution in [1.82, 2.24) is 15.5 Å². The Morgan fingerprint density at radius 3 is 2.68 bits per heavy atom. The van der Waals surface area contributed by atoms with Crippen LogP contribution in [0.15, 0.2) is 28.6 Å². The number of carbonyl (C=O) groups excluding carboxylic acids is 2. The minimum Gasteiger partial charge on any atom is -0.353 e. The van der Waals surface area contributed by atoms with Crippen LogP contribution < -0.4 is 16.0 Å². The van der Waals surface area contributed by atoms with Crippen molar-refractivity contribution in [2.24, 2.45) is 5.92 Å². The summed E-state index contributed by atoms with van der Waals surface area (Å²) in [5.74, 6) is 1.05. The van der Waals surface area contributed by atoms with Crippen LogP contribution in [0.1, 0.15) is 39.5 Å². The van der Waals surface area contributed by atoms with Crippen LogP contribution in [-0.2, 0) is 9.59 Å². The molecule has 150 valence electrons. The normalized spacial score (nSPS) is 19.1. The third kappa shape index (κ3) is 6.49. The van der Waals surface area contributed by atoms with Gasteiger partial charge in [0.05, 0.1) is 5.75 Å². The van der Waals surface area contributed by atoms with Gasteiger partial charge in [-0.15, -0.1) is 10.2 Å². The number of nitrogens with zero attached hydrogens (tertiary/aromatic N) is 2. The first-order valence-corrected chi connectivity index (χ1v) is 11.2. The van der Waals surface area contributed by atoms with Crippen molar-refractivity contribution in [3.63, 3.8) is 0 Å². The minimum atomic E-state index is -0.118. The smallest absolute Gasteiger partial charge is 0.230 e. The van der Waals surface area contributed by atoms with E-state index < -0.39 is 0 Å². The molecule has 0 spiro atoms. The molecule has 0 aliphatic heterocycles. The SMILES string of the molecule is CC(=O)Nc1cccc(Nc2nnc(SCC(=O)NC3CCC(C)CC3)s2)c1. The molecule has 0 saturated heterocycles. The summed E-state index contributed by atoms with van der Waals surface area (Å²) in [6.07, 6.45) is 4.52. The summed E-state index contributed by atoms with van der Waals surface area (Å²) in [5, 5.41) is 17.9. The van der Waals surface area contributed by atoms with E-state index in [9.17, 15) is 9.59 Å². The maximum absolute atomic E-state index is 12.2. The van der Waals surface area contributed by atoms with Gasteiger partial charge >= 0.3 is 0 Å². The zero-order chi connectivity index (χ0) is 19.9. The van der Waals surface area contributed by atoms with E-state index in [4.69, 9.17) is 0 Å². The van der Waals surface area contributed by atoms with E-state index in [1.807, 2.05) is 24.3 Å². The Hall–Kier alpha value is -2.13. The van der Waals surface area contributed by atoms with Gasteiger partial charge in [0.1, 0.15) is 0 Å². The summed E-state index contributed by atoms with van der Waals surface area (Å²) in [6.45, 7) is 3.74. The number of hydrogen-bond donors (Lipinski definition) is 3. The van der Waals surface area contributed by atoms with Gasteiger partial charge in [0.2, 0.25) is 16.9 Å². The van der Waals surface area contributed by atoms with Crippen molar-refractivity contribution < 1.29 is 9.59 Å². The van der Waals surface area contributed by atoms with Gasteiger partial charge in [0.25, 0.3) is 0 Å². The number of benzene rings is 1. The highest BCUT2D eigenvalue weighted by Gasteiger charge is 2.20. The molecule has 0 bridgehead atoms. The van der Waals surface area contributed by atoms with Crippen LogP contribution in [0.2, 0.25) is 0 Å². The van der Waals surface area contributed by atoms with Gasteiger partial charge in [-0.25, -0.2) is 0 Å². The maximum Gasteiger partial charge on any atom is 0.230 e. The molecule has 7 nitrogen and oxygen atoms in total. The Morgan fingerprint density at radius 1 is 1.18 bits per heavy atom. The molecule has 2 aromatic rings. The second-order valence-electron chi connectivity index (χ2n) is 7.07. The molecule has 1 aromatic carbocycles. The predicted molar refractivity (Wildman–Crippen MR) is 114 cm³/mol. The van der Waals surface area contributed by atoms with Crippen molar-refractivity contribution >= 4 is 51.4 Å². The summed E-state index contributed by atoms with van der Waals surface area (Å²) in [5.41, 5.74) is 1.52. The first-order chi connectivity index (χ1) is 13.5. The number of aromatic nitrogens is 2. The fourth-order valence-corrected chi connectivity index (χ4v) is 4.70. The molecule has 2 amide bonds. The minimum absolute atomic E-state index is 0.0530. The van der Waals surface area contributed by atoms with E-state index >= 15 is 0 Å². The Morgan fingerprint density at radius 2 is 1.93 bits per heavy atom. The molecule has 28 heavy (non-hydrogen) atoms. The Balaban J connectivity index is 1.46. The van der Waals surface area contributed by atoms with Gasteiger partial charge in [0, 0.05) is 24.3 Å². The van der Waals surface area contributed by atoms with Crippen LogP contribution in [0.25, 0.3) is 0 Å². The molecule has 1 aliphatic carbocycles. The Bertz CT molecular complexity index is 818. The van der Waals surface area contributed by atoms with E-state index in [2.05, 4.69) is 33.1 Å². The van der Waals surface area contributed by atoms with Crippen LogP contribution >= 0.6 is 23.1 Å². The van der Waals surface area contributed by atoms with Crippen LogP contribution in [0.5, 0.6) is 0 Å². The van der Waals surface area contributed by atoms with Gasteiger partial charge < -0.3 is 16.0 Å². The van der Waals surface area contributed by atoms with Crippen LogP contribution in [0.4, 0.5) is 16.5 Å². The third-order valence-electron chi connectivity index (χ3n) is 4.55. The number of nitrogens with one attached hydrogen (secondary N) is 3. The molecule has 0 unspecified atom stereocenters. The van der Waals surface area contributed by atoms with E-state index in [-0.39, 0.29) is 11.8 Å². The summed E-state index contributed by atoms with van der Waals surface area (Å²) < 4.78 is 0.743. The first kappa shape index (κ1) is 20.6. The number of carbonyl (C=O) groups is 2. The molecule has 1 aromatic heterocycles. The first-order valence-electron chi connectivity index (χ1n) is 9.38. The lowest BCUT2D eigenvalue weighted by Gasteiger charge is -2.26. The van der Waals surface area contributed by atoms with Crippen molar-refractivity contribution in [3.8, 4) is 0 Å². The molecule has 0 atom stereocenters. The number of rotatable bonds is 7. The lowest BCUT2D eigenvalue weighted by Crippen LogP contribution is -2.38. The van der Waals surface area contributed by atoms with Crippen molar-refractivity contribution in [3.05, 3.63) is 24.3 Å². The van der Waals surface area contributed by atoms with Crippen LogP contribution in [-0.4, -0.2) is 33.8 Å². The van der Waals surface area contributed by atoms with E-state index in [1.165, 1.54) is 42.9 Å². The average Bonchev–Trinajstić information content (AvgIpc) is 3.09. The second kappa shape index (κ2) is 9.88. The molecule has 3 rings (SSSR count). The van der Waals surface area contributed by atoms with Crippen molar-refractivity contribution in [2.75, 3.05) is 16.4 Å². The van der Waals surface area contributed by atoms with Crippen LogP contribution in [0, 0.1) is 5.92 Å². The average molecular weight is 420 g/mol. The maximum atomic E-state index is 12.2. The lowest BCUT2D eigenvalue weighted by molar-refractivity contribution is -0.119. The van der Waals surface area contributed by atoms with Crippen molar-refractivity contribution in [1.29, 1.82) is 0 Å². The highest BCUT2D eigenvalue weighted by Crippen LogP contribution is 2.29. The van der Waals surface area contributed by atoms with Gasteiger partial charge in [-0.3, -0.25) is 9.59 Å². The summed E-state index contributed by atoms with van der Waals surface area (Å²) >= 11 is 2.79. The molecule has 0 radical (unpaired) electrons. The summed E-state index contributed by atoms with van der Waals surface area (Å²) in [6, 6.07) is 7.69. The van der Waals surface area contributed by atoms with Crippen molar-refractivity contribution in [2.45, 2.75) is 49.9 Å². The van der Waals surface area contributed by atoms with Gasteiger partial charge in [0.15, 0.2) is 4.34 Å². The van der Waals surface area contributed by atoms with Gasteiger partial charge in [-0.2, -0.15) is 0 Å². The number of anilines is 3. The van der Waals surface area contributed by atoms with E-state index in [0.29, 0.717) is 22.6 Å². The van der Waals surface area contributed by atoms with Gasteiger partial charge in [-0.1, -0.05) is 36.1 Å². The Kier molecular flexibility index (Phi) is 7.27. The summed E-state index contributed by atoms with van der Waals surface area (Å²) in [7, 11) is 0. The predicted octanol–water partition coefficient (Wildman–Crippen LogP) is 4.03. The zero-order valence-corrected chi connectivity index (χ0v) is 17.7. The molecule has 3 N–H and O–H groups in total. The second-order valence-corrected chi connectivity index (χ2v) is 9.27. The standard InChI is InChI=1S/C19H25N5O2S2/c1-12-6-8-14(9-7-12)21-17(26)11-27-19-24-23-18(28-19)22-16-5-3-4-15(10-16)20-13(2)25/h3-5,10,12,14H,6-9,11H2,1-2H3,(H,20,25)(H,21,26)(H,22,23). The largest absolute Gasteiger partial charge is 0.353 e. The summed E-state index contributed by atoms with van der Waals surface area (Å²) in [4.78, 5) is 23.3. The monoisotopic (exact) mass is 419 g/mol. The molecular formula is C19H25N5O2S2. The van der Waals surface area contributed by atoms with E-state index in [0.717, 1.165) is 28.8 Å². The molecule has 1 saturated carbocycles. The quantitative estimate of drug-likeness (QED) is 0.587.